The Bertz CT molecular complexity index is 411. The van der Waals surface area contributed by atoms with Crippen LogP contribution in [0, 0.1) is 5.92 Å². The number of piperidine rings is 1. The Labute approximate surface area is 133 Å². The molecule has 0 aliphatic carbocycles. The van der Waals surface area contributed by atoms with Gasteiger partial charge in [-0.05, 0) is 40.7 Å². The molecule has 2 rings (SSSR count). The molecule has 2 heterocycles. The number of ether oxygens (including phenoxy) is 1. The summed E-state index contributed by atoms with van der Waals surface area (Å²) in [5.74, 6) is 0.117. The fraction of sp³-hybridized carbons (Fsp3) is 0.875. The molecule has 0 aromatic rings. The van der Waals surface area contributed by atoms with Gasteiger partial charge in [-0.3, -0.25) is 4.79 Å². The lowest BCUT2D eigenvalue weighted by molar-refractivity contribution is -0.138. The number of likely N-dealkylation sites (N-methyl/N-ethyl adjacent to an activating group) is 1. The summed E-state index contributed by atoms with van der Waals surface area (Å²) in [6.45, 7) is 10.2. The van der Waals surface area contributed by atoms with E-state index in [0.717, 1.165) is 39.0 Å². The van der Waals surface area contributed by atoms with Gasteiger partial charge in [-0.25, -0.2) is 4.79 Å². The van der Waals surface area contributed by atoms with Crippen molar-refractivity contribution in [2.75, 3.05) is 46.3 Å². The van der Waals surface area contributed by atoms with E-state index in [0.29, 0.717) is 13.1 Å². The molecular weight excluding hydrogens is 282 g/mol. The van der Waals surface area contributed by atoms with Crippen LogP contribution in [-0.4, -0.2) is 78.6 Å². The maximum absolute atomic E-state index is 12.6. The number of carbonyl (C=O) groups excluding carboxylic acids is 2. The molecule has 6 heteroatoms. The van der Waals surface area contributed by atoms with Crippen molar-refractivity contribution in [1.29, 1.82) is 0 Å². The number of carbonyl (C=O) groups is 2. The van der Waals surface area contributed by atoms with Crippen molar-refractivity contribution in [3.8, 4) is 0 Å². The third-order valence-electron chi connectivity index (χ3n) is 4.24. The lowest BCUT2D eigenvalue weighted by Gasteiger charge is -2.38. The van der Waals surface area contributed by atoms with Crippen LogP contribution in [0.2, 0.25) is 0 Å². The van der Waals surface area contributed by atoms with Crippen molar-refractivity contribution >= 4 is 12.0 Å². The molecule has 22 heavy (non-hydrogen) atoms. The fourth-order valence-electron chi connectivity index (χ4n) is 2.96. The van der Waals surface area contributed by atoms with Crippen LogP contribution in [0.4, 0.5) is 4.79 Å². The van der Waals surface area contributed by atoms with Crippen LogP contribution in [-0.2, 0) is 9.53 Å². The predicted molar refractivity (Wildman–Crippen MR) is 84.6 cm³/mol. The minimum Gasteiger partial charge on any atom is -0.444 e. The van der Waals surface area contributed by atoms with Crippen LogP contribution in [0.25, 0.3) is 0 Å². The molecule has 1 atom stereocenters. The molecule has 0 bridgehead atoms. The molecule has 0 spiro atoms. The number of rotatable bonds is 1. The third-order valence-corrected chi connectivity index (χ3v) is 4.24. The highest BCUT2D eigenvalue weighted by Crippen LogP contribution is 2.21. The van der Waals surface area contributed by atoms with E-state index in [2.05, 4.69) is 11.9 Å². The normalized spacial score (nSPS) is 24.3. The fourth-order valence-corrected chi connectivity index (χ4v) is 2.96. The summed E-state index contributed by atoms with van der Waals surface area (Å²) in [6, 6.07) is 0. The number of amides is 2. The summed E-state index contributed by atoms with van der Waals surface area (Å²) < 4.78 is 5.42. The van der Waals surface area contributed by atoms with Crippen LogP contribution in [0.15, 0.2) is 0 Å². The molecule has 0 aromatic carbocycles. The predicted octanol–water partition coefficient (Wildman–Crippen LogP) is 1.41. The van der Waals surface area contributed by atoms with Gasteiger partial charge in [-0.2, -0.15) is 0 Å². The van der Waals surface area contributed by atoms with Crippen molar-refractivity contribution in [3.05, 3.63) is 0 Å². The number of nitrogens with zero attached hydrogens (tertiary/aromatic N) is 3. The van der Waals surface area contributed by atoms with Gasteiger partial charge >= 0.3 is 6.09 Å². The largest absolute Gasteiger partial charge is 0.444 e. The number of hydrogen-bond donors (Lipinski definition) is 0. The molecule has 0 radical (unpaired) electrons. The van der Waals surface area contributed by atoms with E-state index >= 15 is 0 Å². The highest BCUT2D eigenvalue weighted by molar-refractivity contribution is 5.80. The Morgan fingerprint density at radius 1 is 1.00 bits per heavy atom. The van der Waals surface area contributed by atoms with Crippen LogP contribution >= 0.6 is 0 Å². The van der Waals surface area contributed by atoms with Crippen molar-refractivity contribution in [3.63, 3.8) is 0 Å². The van der Waals surface area contributed by atoms with E-state index in [1.54, 1.807) is 4.90 Å². The van der Waals surface area contributed by atoms with Crippen molar-refractivity contribution in [2.45, 2.75) is 39.2 Å². The van der Waals surface area contributed by atoms with Crippen molar-refractivity contribution in [2.24, 2.45) is 5.92 Å². The SMILES string of the molecule is CN1CCN(C(=O)C2CCCN(C(=O)OC(C)(C)C)C2)CC1. The maximum Gasteiger partial charge on any atom is 0.410 e. The van der Waals surface area contributed by atoms with Crippen LogP contribution in [0.1, 0.15) is 33.6 Å². The summed E-state index contributed by atoms with van der Waals surface area (Å²) in [6.07, 6.45) is 1.43. The zero-order chi connectivity index (χ0) is 16.3. The molecule has 6 nitrogen and oxygen atoms in total. The summed E-state index contributed by atoms with van der Waals surface area (Å²) in [7, 11) is 2.08. The number of piperazine rings is 1. The molecular formula is C16H29N3O3. The minimum atomic E-state index is -0.495. The zero-order valence-corrected chi connectivity index (χ0v) is 14.3. The molecule has 0 aromatic heterocycles. The zero-order valence-electron chi connectivity index (χ0n) is 14.3. The van der Waals surface area contributed by atoms with E-state index in [1.807, 2.05) is 25.7 Å². The van der Waals surface area contributed by atoms with E-state index in [1.165, 1.54) is 0 Å². The average molecular weight is 311 g/mol. The Balaban J connectivity index is 1.90. The lowest BCUT2D eigenvalue weighted by Crippen LogP contribution is -2.52. The first-order valence-electron chi connectivity index (χ1n) is 8.21. The van der Waals surface area contributed by atoms with Gasteiger partial charge in [0.15, 0.2) is 0 Å². The van der Waals surface area contributed by atoms with Crippen LogP contribution < -0.4 is 0 Å². The molecule has 2 amide bonds. The summed E-state index contributed by atoms with van der Waals surface area (Å²) in [4.78, 5) is 30.7. The minimum absolute atomic E-state index is 0.0790. The van der Waals surface area contributed by atoms with E-state index < -0.39 is 5.60 Å². The van der Waals surface area contributed by atoms with Gasteiger partial charge in [0, 0.05) is 39.3 Å². The summed E-state index contributed by atoms with van der Waals surface area (Å²) in [5, 5.41) is 0. The van der Waals surface area contributed by atoms with E-state index in [-0.39, 0.29) is 17.9 Å². The molecule has 0 N–H and O–H groups in total. The third kappa shape index (κ3) is 4.60. The topological polar surface area (TPSA) is 53.1 Å². The second kappa shape index (κ2) is 6.86. The second-order valence-corrected chi connectivity index (χ2v) is 7.39. The quantitative estimate of drug-likeness (QED) is 0.735. The molecule has 2 aliphatic rings. The molecule has 0 saturated carbocycles. The lowest BCUT2D eigenvalue weighted by atomic mass is 9.96. The Morgan fingerprint density at radius 3 is 2.23 bits per heavy atom. The van der Waals surface area contributed by atoms with Gasteiger partial charge in [0.1, 0.15) is 5.60 Å². The van der Waals surface area contributed by atoms with Gasteiger partial charge in [0.05, 0.1) is 5.92 Å². The highest BCUT2D eigenvalue weighted by Gasteiger charge is 2.33. The van der Waals surface area contributed by atoms with Gasteiger partial charge in [0.25, 0.3) is 0 Å². The first kappa shape index (κ1) is 17.1. The van der Waals surface area contributed by atoms with Crippen molar-refractivity contribution in [1.82, 2.24) is 14.7 Å². The first-order valence-corrected chi connectivity index (χ1v) is 8.21. The van der Waals surface area contributed by atoms with Gasteiger partial charge in [-0.15, -0.1) is 0 Å². The van der Waals surface area contributed by atoms with Gasteiger partial charge < -0.3 is 19.4 Å². The van der Waals surface area contributed by atoms with Gasteiger partial charge in [-0.1, -0.05) is 0 Å². The standard InChI is InChI=1S/C16H29N3O3/c1-16(2,3)22-15(21)19-7-5-6-13(12-19)14(20)18-10-8-17(4)9-11-18/h13H,5-12H2,1-4H3. The Hall–Kier alpha value is -1.30. The van der Waals surface area contributed by atoms with E-state index in [4.69, 9.17) is 4.74 Å². The molecule has 2 aliphatic heterocycles. The van der Waals surface area contributed by atoms with Crippen molar-refractivity contribution < 1.29 is 14.3 Å². The first-order chi connectivity index (χ1) is 10.3. The second-order valence-electron chi connectivity index (χ2n) is 7.39. The summed E-state index contributed by atoms with van der Waals surface area (Å²) >= 11 is 0. The Morgan fingerprint density at radius 2 is 1.64 bits per heavy atom. The van der Waals surface area contributed by atoms with E-state index in [9.17, 15) is 9.59 Å². The maximum atomic E-state index is 12.6. The average Bonchev–Trinajstić information content (AvgIpc) is 2.46. The molecule has 1 unspecified atom stereocenters. The van der Waals surface area contributed by atoms with Crippen LogP contribution in [0.5, 0.6) is 0 Å². The van der Waals surface area contributed by atoms with Crippen LogP contribution in [0.3, 0.4) is 0 Å². The smallest absolute Gasteiger partial charge is 0.410 e. The summed E-state index contributed by atoms with van der Waals surface area (Å²) in [5.41, 5.74) is -0.495. The monoisotopic (exact) mass is 311 g/mol. The molecule has 2 fully saturated rings. The number of hydrogen-bond acceptors (Lipinski definition) is 4. The molecule has 126 valence electrons. The van der Waals surface area contributed by atoms with Gasteiger partial charge in [0.2, 0.25) is 5.91 Å². The highest BCUT2D eigenvalue weighted by atomic mass is 16.6. The number of likely N-dealkylation sites (tertiary alicyclic amines) is 1. The Kier molecular flexibility index (Phi) is 5.32. The molecule has 2 saturated heterocycles.